The fourth-order valence-corrected chi connectivity index (χ4v) is 4.67. The summed E-state index contributed by atoms with van der Waals surface area (Å²) in [4.78, 5) is 35.7. The van der Waals surface area contributed by atoms with Gasteiger partial charge in [0.15, 0.2) is 0 Å². The average molecular weight is 387 g/mol. The molecule has 0 saturated carbocycles. The Morgan fingerprint density at radius 3 is 2.50 bits per heavy atom. The minimum atomic E-state index is -0.0184. The predicted molar refractivity (Wildman–Crippen MR) is 110 cm³/mol. The van der Waals surface area contributed by atoms with Gasteiger partial charge in [0.1, 0.15) is 0 Å². The molecule has 2 fully saturated rings. The van der Waals surface area contributed by atoms with Crippen LogP contribution in [0.4, 0.5) is 0 Å². The number of aromatic nitrogens is 1. The smallest absolute Gasteiger partial charge is 0.239 e. The highest BCUT2D eigenvalue weighted by Gasteiger charge is 2.42. The van der Waals surface area contributed by atoms with E-state index in [1.165, 1.54) is 0 Å². The van der Waals surface area contributed by atoms with Crippen LogP contribution >= 0.6 is 0 Å². The van der Waals surface area contributed by atoms with Crippen LogP contribution in [0.3, 0.4) is 0 Å². The summed E-state index contributed by atoms with van der Waals surface area (Å²) in [7, 11) is 2.03. The summed E-state index contributed by atoms with van der Waals surface area (Å²) >= 11 is 0. The molecule has 28 heavy (non-hydrogen) atoms. The fourth-order valence-electron chi connectivity index (χ4n) is 4.67. The molecule has 154 valence electrons. The second-order valence-corrected chi connectivity index (χ2v) is 8.43. The highest BCUT2D eigenvalue weighted by molar-refractivity contribution is 5.82. The third-order valence-electron chi connectivity index (χ3n) is 6.71. The van der Waals surface area contributed by atoms with Gasteiger partial charge in [-0.1, -0.05) is 13.8 Å². The molecule has 0 unspecified atom stereocenters. The van der Waals surface area contributed by atoms with Crippen molar-refractivity contribution >= 4 is 11.8 Å². The van der Waals surface area contributed by atoms with Crippen molar-refractivity contribution in [2.75, 3.05) is 33.2 Å². The Kier molecular flexibility index (Phi) is 6.70. The number of hydrogen-bond donors (Lipinski definition) is 0. The van der Waals surface area contributed by atoms with Crippen LogP contribution in [0.1, 0.15) is 51.5 Å². The molecule has 1 aromatic heterocycles. The maximum Gasteiger partial charge on any atom is 0.239 e. The monoisotopic (exact) mass is 386 g/mol. The number of rotatable bonds is 6. The Morgan fingerprint density at radius 2 is 1.89 bits per heavy atom. The first-order valence-corrected chi connectivity index (χ1v) is 10.6. The summed E-state index contributed by atoms with van der Waals surface area (Å²) in [5.74, 6) is 0.513. The Bertz CT molecular complexity index is 670. The number of piperidine rings is 2. The van der Waals surface area contributed by atoms with Gasteiger partial charge in [-0.2, -0.15) is 0 Å². The third kappa shape index (κ3) is 4.54. The SMILES string of the molecule is CC[C@@H](C(=O)N1CCC2(CCC(=O)N(Cc3ccncc3)C2)CC1)N(C)CC. The van der Waals surface area contributed by atoms with E-state index in [0.717, 1.165) is 57.4 Å². The molecule has 2 saturated heterocycles. The number of amides is 2. The molecular formula is C22H34N4O2. The summed E-state index contributed by atoms with van der Waals surface area (Å²) in [6, 6.07) is 3.94. The Balaban J connectivity index is 1.61. The van der Waals surface area contributed by atoms with Crippen molar-refractivity contribution in [3.8, 4) is 0 Å². The van der Waals surface area contributed by atoms with Gasteiger partial charge < -0.3 is 9.80 Å². The summed E-state index contributed by atoms with van der Waals surface area (Å²) < 4.78 is 0. The molecule has 3 rings (SSSR count). The molecule has 6 heteroatoms. The van der Waals surface area contributed by atoms with Gasteiger partial charge in [-0.3, -0.25) is 19.5 Å². The first-order valence-electron chi connectivity index (χ1n) is 10.6. The summed E-state index contributed by atoms with van der Waals surface area (Å²) in [6.45, 7) is 8.15. The first kappa shape index (κ1) is 20.8. The van der Waals surface area contributed by atoms with E-state index in [0.29, 0.717) is 13.0 Å². The van der Waals surface area contributed by atoms with Crippen molar-refractivity contribution < 1.29 is 9.59 Å². The molecule has 2 aliphatic rings. The standard InChI is InChI=1S/C22H34N4O2/c1-4-19(24(3)5-2)21(28)25-14-10-22(11-15-25)9-6-20(27)26(17-22)16-18-7-12-23-13-8-18/h7-8,12-13,19H,4-6,9-11,14-17H2,1-3H3/t19-/m0/s1. The van der Waals surface area contributed by atoms with Crippen LogP contribution in [0.15, 0.2) is 24.5 Å². The molecule has 1 atom stereocenters. The molecule has 0 radical (unpaired) electrons. The maximum atomic E-state index is 13.0. The van der Waals surface area contributed by atoms with Gasteiger partial charge in [0, 0.05) is 45.0 Å². The van der Waals surface area contributed by atoms with Crippen LogP contribution in [-0.4, -0.2) is 70.8 Å². The number of hydrogen-bond acceptors (Lipinski definition) is 4. The van der Waals surface area contributed by atoms with Crippen molar-refractivity contribution in [3.63, 3.8) is 0 Å². The van der Waals surface area contributed by atoms with Crippen LogP contribution in [0.2, 0.25) is 0 Å². The van der Waals surface area contributed by atoms with Crippen LogP contribution in [0.25, 0.3) is 0 Å². The summed E-state index contributed by atoms with van der Waals surface area (Å²) in [6.07, 6.45) is 7.96. The second kappa shape index (κ2) is 9.03. The van der Waals surface area contributed by atoms with E-state index in [1.807, 2.05) is 24.1 Å². The minimum absolute atomic E-state index is 0.0184. The van der Waals surface area contributed by atoms with Crippen molar-refractivity contribution in [1.82, 2.24) is 19.7 Å². The maximum absolute atomic E-state index is 13.0. The van der Waals surface area contributed by atoms with Crippen LogP contribution in [0.5, 0.6) is 0 Å². The molecule has 6 nitrogen and oxygen atoms in total. The van der Waals surface area contributed by atoms with Crippen molar-refractivity contribution in [3.05, 3.63) is 30.1 Å². The molecule has 0 bridgehead atoms. The lowest BCUT2D eigenvalue weighted by Gasteiger charge is -2.48. The number of carbonyl (C=O) groups excluding carboxylic acids is 2. The second-order valence-electron chi connectivity index (χ2n) is 8.43. The lowest BCUT2D eigenvalue weighted by molar-refractivity contribution is -0.145. The number of pyridine rings is 1. The lowest BCUT2D eigenvalue weighted by Crippen LogP contribution is -2.54. The van der Waals surface area contributed by atoms with E-state index in [4.69, 9.17) is 0 Å². The van der Waals surface area contributed by atoms with E-state index >= 15 is 0 Å². The molecule has 2 aliphatic heterocycles. The van der Waals surface area contributed by atoms with E-state index in [2.05, 4.69) is 28.6 Å². The molecule has 0 aromatic carbocycles. The van der Waals surface area contributed by atoms with Gasteiger partial charge in [0.05, 0.1) is 6.04 Å². The normalized spacial score (nSPS) is 20.6. The van der Waals surface area contributed by atoms with E-state index in [1.54, 1.807) is 12.4 Å². The van der Waals surface area contributed by atoms with Crippen molar-refractivity contribution in [1.29, 1.82) is 0 Å². The van der Waals surface area contributed by atoms with E-state index < -0.39 is 0 Å². The van der Waals surface area contributed by atoms with Crippen LogP contribution in [-0.2, 0) is 16.1 Å². The zero-order valence-corrected chi connectivity index (χ0v) is 17.6. The highest BCUT2D eigenvalue weighted by Crippen LogP contribution is 2.40. The Morgan fingerprint density at radius 1 is 1.21 bits per heavy atom. The third-order valence-corrected chi connectivity index (χ3v) is 6.71. The molecule has 3 heterocycles. The summed E-state index contributed by atoms with van der Waals surface area (Å²) in [5, 5.41) is 0. The molecular weight excluding hydrogens is 352 g/mol. The fraction of sp³-hybridized carbons (Fsp3) is 0.682. The topological polar surface area (TPSA) is 56.8 Å². The molecule has 0 aliphatic carbocycles. The van der Waals surface area contributed by atoms with E-state index in [9.17, 15) is 9.59 Å². The van der Waals surface area contributed by atoms with Gasteiger partial charge in [-0.05, 0) is 62.4 Å². The zero-order valence-electron chi connectivity index (χ0n) is 17.6. The minimum Gasteiger partial charge on any atom is -0.341 e. The molecule has 1 aromatic rings. The van der Waals surface area contributed by atoms with Gasteiger partial charge in [-0.25, -0.2) is 0 Å². The quantitative estimate of drug-likeness (QED) is 0.754. The van der Waals surface area contributed by atoms with Gasteiger partial charge in [0.2, 0.25) is 11.8 Å². The Hall–Kier alpha value is -1.95. The van der Waals surface area contributed by atoms with Gasteiger partial charge in [-0.15, -0.1) is 0 Å². The number of likely N-dealkylation sites (tertiary alicyclic amines) is 2. The van der Waals surface area contributed by atoms with Crippen LogP contribution in [0, 0.1) is 5.41 Å². The number of nitrogens with zero attached hydrogens (tertiary/aromatic N) is 4. The van der Waals surface area contributed by atoms with Gasteiger partial charge in [0.25, 0.3) is 0 Å². The highest BCUT2D eigenvalue weighted by atomic mass is 16.2. The summed E-state index contributed by atoms with van der Waals surface area (Å²) in [5.41, 5.74) is 1.29. The number of likely N-dealkylation sites (N-methyl/N-ethyl adjacent to an activating group) is 1. The lowest BCUT2D eigenvalue weighted by atomic mass is 9.72. The van der Waals surface area contributed by atoms with Gasteiger partial charge >= 0.3 is 0 Å². The average Bonchev–Trinajstić information content (AvgIpc) is 2.72. The number of carbonyl (C=O) groups is 2. The zero-order chi connectivity index (χ0) is 20.1. The molecule has 1 spiro atoms. The van der Waals surface area contributed by atoms with Crippen molar-refractivity contribution in [2.45, 2.75) is 58.5 Å². The van der Waals surface area contributed by atoms with E-state index in [-0.39, 0.29) is 23.3 Å². The molecule has 0 N–H and O–H groups in total. The predicted octanol–water partition coefficient (Wildman–Crippen LogP) is 2.54. The van der Waals surface area contributed by atoms with Crippen molar-refractivity contribution in [2.24, 2.45) is 5.41 Å². The van der Waals surface area contributed by atoms with Crippen LogP contribution < -0.4 is 0 Å². The Labute approximate surface area is 168 Å². The largest absolute Gasteiger partial charge is 0.341 e. The first-order chi connectivity index (χ1) is 13.5. The molecule has 2 amide bonds.